The maximum atomic E-state index is 10.1. The SMILES string of the molecule is O=C(O)N1CC(CCl)C1. The molecule has 1 heterocycles. The van der Waals surface area contributed by atoms with Gasteiger partial charge in [-0.05, 0) is 0 Å². The average Bonchev–Trinajstić information content (AvgIpc) is 1.61. The van der Waals surface area contributed by atoms with E-state index in [1.165, 1.54) is 4.90 Å². The number of amides is 1. The fraction of sp³-hybridized carbons (Fsp3) is 0.800. The molecule has 1 amide bonds. The number of halogens is 1. The largest absolute Gasteiger partial charge is 0.465 e. The van der Waals surface area contributed by atoms with E-state index in [2.05, 4.69) is 0 Å². The zero-order valence-electron chi connectivity index (χ0n) is 4.88. The maximum Gasteiger partial charge on any atom is 0.407 e. The van der Waals surface area contributed by atoms with Gasteiger partial charge in [-0.25, -0.2) is 4.79 Å². The lowest BCUT2D eigenvalue weighted by Crippen LogP contribution is -2.50. The number of rotatable bonds is 1. The Balaban J connectivity index is 2.19. The molecular weight excluding hydrogens is 142 g/mol. The Morgan fingerprint density at radius 1 is 1.78 bits per heavy atom. The summed E-state index contributed by atoms with van der Waals surface area (Å²) in [7, 11) is 0. The first-order valence-corrected chi connectivity index (χ1v) is 3.31. The summed E-state index contributed by atoms with van der Waals surface area (Å²) in [5.41, 5.74) is 0. The second kappa shape index (κ2) is 2.43. The molecule has 1 N–H and O–H groups in total. The molecule has 0 saturated carbocycles. The van der Waals surface area contributed by atoms with Crippen molar-refractivity contribution in [2.24, 2.45) is 5.92 Å². The lowest BCUT2D eigenvalue weighted by atomic mass is 10.0. The van der Waals surface area contributed by atoms with Gasteiger partial charge in [0, 0.05) is 24.9 Å². The smallest absolute Gasteiger partial charge is 0.407 e. The van der Waals surface area contributed by atoms with Gasteiger partial charge in [-0.3, -0.25) is 0 Å². The molecular formula is C5H8ClNO2. The second-order valence-corrected chi connectivity index (χ2v) is 2.52. The van der Waals surface area contributed by atoms with Crippen molar-refractivity contribution in [3.63, 3.8) is 0 Å². The minimum atomic E-state index is -0.837. The Morgan fingerprint density at radius 3 is 2.67 bits per heavy atom. The summed E-state index contributed by atoms with van der Waals surface area (Å²) in [6.07, 6.45) is -0.837. The molecule has 0 aromatic heterocycles. The van der Waals surface area contributed by atoms with Crippen LogP contribution in [0, 0.1) is 5.92 Å². The molecule has 1 fully saturated rings. The fourth-order valence-electron chi connectivity index (χ4n) is 0.824. The Kier molecular flexibility index (Phi) is 1.81. The van der Waals surface area contributed by atoms with Crippen LogP contribution in [0.4, 0.5) is 4.79 Å². The van der Waals surface area contributed by atoms with Crippen LogP contribution in [0.15, 0.2) is 0 Å². The summed E-state index contributed by atoms with van der Waals surface area (Å²) in [5, 5.41) is 8.33. The van der Waals surface area contributed by atoms with Crippen molar-refractivity contribution in [3.8, 4) is 0 Å². The maximum absolute atomic E-state index is 10.1. The van der Waals surface area contributed by atoms with Gasteiger partial charge in [0.2, 0.25) is 0 Å². The third kappa shape index (κ3) is 1.27. The van der Waals surface area contributed by atoms with Crippen molar-refractivity contribution in [2.45, 2.75) is 0 Å². The van der Waals surface area contributed by atoms with Crippen molar-refractivity contribution >= 4 is 17.7 Å². The molecule has 0 unspecified atom stereocenters. The van der Waals surface area contributed by atoms with Crippen LogP contribution in [0.2, 0.25) is 0 Å². The highest BCUT2D eigenvalue weighted by molar-refractivity contribution is 6.18. The molecule has 0 atom stereocenters. The van der Waals surface area contributed by atoms with Crippen molar-refractivity contribution in [1.82, 2.24) is 4.90 Å². The van der Waals surface area contributed by atoms with E-state index in [4.69, 9.17) is 16.7 Å². The Hall–Kier alpha value is -0.440. The van der Waals surface area contributed by atoms with Gasteiger partial charge in [-0.1, -0.05) is 0 Å². The van der Waals surface area contributed by atoms with E-state index in [0.29, 0.717) is 24.9 Å². The van der Waals surface area contributed by atoms with Gasteiger partial charge in [-0.15, -0.1) is 11.6 Å². The Morgan fingerprint density at radius 2 is 2.33 bits per heavy atom. The molecule has 0 aliphatic carbocycles. The van der Waals surface area contributed by atoms with Gasteiger partial charge in [0.05, 0.1) is 0 Å². The Labute approximate surface area is 58.2 Å². The zero-order chi connectivity index (χ0) is 6.85. The first-order chi connectivity index (χ1) is 4.24. The second-order valence-electron chi connectivity index (χ2n) is 2.21. The van der Waals surface area contributed by atoms with Crippen LogP contribution in [0.5, 0.6) is 0 Å². The molecule has 0 radical (unpaired) electrons. The van der Waals surface area contributed by atoms with E-state index in [1.807, 2.05) is 0 Å². The van der Waals surface area contributed by atoms with E-state index in [0.717, 1.165) is 0 Å². The van der Waals surface area contributed by atoms with Crippen LogP contribution in [-0.2, 0) is 0 Å². The van der Waals surface area contributed by atoms with E-state index in [-0.39, 0.29) is 0 Å². The highest BCUT2D eigenvalue weighted by Crippen LogP contribution is 2.15. The average molecular weight is 150 g/mol. The van der Waals surface area contributed by atoms with Crippen LogP contribution in [0.3, 0.4) is 0 Å². The molecule has 4 heteroatoms. The van der Waals surface area contributed by atoms with Crippen LogP contribution < -0.4 is 0 Å². The number of likely N-dealkylation sites (tertiary alicyclic amines) is 1. The summed E-state index contributed by atoms with van der Waals surface area (Å²) in [5.74, 6) is 0.965. The minimum absolute atomic E-state index is 0.391. The summed E-state index contributed by atoms with van der Waals surface area (Å²) in [6.45, 7) is 1.22. The molecule has 3 nitrogen and oxygen atoms in total. The summed E-state index contributed by atoms with van der Waals surface area (Å²) in [4.78, 5) is 11.5. The molecule has 52 valence electrons. The third-order valence-electron chi connectivity index (χ3n) is 1.45. The fourth-order valence-corrected chi connectivity index (χ4v) is 1.02. The molecule has 1 rings (SSSR count). The molecule has 1 aliphatic rings. The molecule has 0 spiro atoms. The lowest BCUT2D eigenvalue weighted by molar-refractivity contribution is 0.0896. The summed E-state index contributed by atoms with van der Waals surface area (Å²) in [6, 6.07) is 0. The molecule has 9 heavy (non-hydrogen) atoms. The topological polar surface area (TPSA) is 40.5 Å². The molecule has 0 aromatic carbocycles. The summed E-state index contributed by atoms with van der Waals surface area (Å²) >= 11 is 5.45. The van der Waals surface area contributed by atoms with Gasteiger partial charge in [0.15, 0.2) is 0 Å². The van der Waals surface area contributed by atoms with E-state index in [9.17, 15) is 4.79 Å². The van der Waals surface area contributed by atoms with Crippen molar-refractivity contribution in [1.29, 1.82) is 0 Å². The first-order valence-electron chi connectivity index (χ1n) is 2.78. The Bertz CT molecular complexity index is 122. The van der Waals surface area contributed by atoms with Gasteiger partial charge < -0.3 is 10.0 Å². The molecule has 0 aromatic rings. The van der Waals surface area contributed by atoms with Crippen molar-refractivity contribution in [2.75, 3.05) is 19.0 Å². The highest BCUT2D eigenvalue weighted by atomic mass is 35.5. The highest BCUT2D eigenvalue weighted by Gasteiger charge is 2.29. The molecule has 1 saturated heterocycles. The van der Waals surface area contributed by atoms with E-state index >= 15 is 0 Å². The van der Waals surface area contributed by atoms with Crippen LogP contribution in [0.1, 0.15) is 0 Å². The van der Waals surface area contributed by atoms with Crippen LogP contribution >= 0.6 is 11.6 Å². The van der Waals surface area contributed by atoms with Gasteiger partial charge >= 0.3 is 6.09 Å². The quantitative estimate of drug-likeness (QED) is 0.562. The number of hydrogen-bond acceptors (Lipinski definition) is 1. The number of hydrogen-bond donors (Lipinski definition) is 1. The molecule has 1 aliphatic heterocycles. The molecule has 0 bridgehead atoms. The van der Waals surface area contributed by atoms with Gasteiger partial charge in [-0.2, -0.15) is 0 Å². The van der Waals surface area contributed by atoms with E-state index < -0.39 is 6.09 Å². The lowest BCUT2D eigenvalue weighted by Gasteiger charge is -2.35. The number of carbonyl (C=O) groups is 1. The number of alkyl halides is 1. The van der Waals surface area contributed by atoms with Crippen LogP contribution in [-0.4, -0.2) is 35.1 Å². The van der Waals surface area contributed by atoms with Crippen molar-refractivity contribution < 1.29 is 9.90 Å². The monoisotopic (exact) mass is 149 g/mol. The van der Waals surface area contributed by atoms with Gasteiger partial charge in [0.25, 0.3) is 0 Å². The summed E-state index contributed by atoms with van der Waals surface area (Å²) < 4.78 is 0. The normalized spacial score (nSPS) is 19.4. The number of carboxylic acid groups (broad SMARTS) is 1. The van der Waals surface area contributed by atoms with E-state index in [1.54, 1.807) is 0 Å². The zero-order valence-corrected chi connectivity index (χ0v) is 5.64. The minimum Gasteiger partial charge on any atom is -0.465 e. The van der Waals surface area contributed by atoms with Gasteiger partial charge in [0.1, 0.15) is 0 Å². The van der Waals surface area contributed by atoms with Crippen molar-refractivity contribution in [3.05, 3.63) is 0 Å². The standard InChI is InChI=1S/C5H8ClNO2/c6-1-4-2-7(3-4)5(8)9/h4H,1-3H2,(H,8,9). The predicted octanol–water partition coefficient (Wildman–Crippen LogP) is 0.835. The first kappa shape index (κ1) is 6.68. The number of nitrogens with zero attached hydrogens (tertiary/aromatic N) is 1. The third-order valence-corrected chi connectivity index (χ3v) is 1.88. The predicted molar refractivity (Wildman–Crippen MR) is 33.8 cm³/mol. The van der Waals surface area contributed by atoms with Crippen LogP contribution in [0.25, 0.3) is 0 Å².